The molecule has 5 aromatic carbocycles. The number of oxazole rings is 1. The maximum atomic E-state index is 11.7. The molecule has 2 aromatic heterocycles. The molecule has 266 valence electrons. The van der Waals surface area contributed by atoms with Gasteiger partial charge in [0.05, 0.1) is 11.1 Å². The normalized spacial score (nSPS) is 12.2. The van der Waals surface area contributed by atoms with E-state index in [9.17, 15) is 5.11 Å². The average molecular weight is 865 g/mol. The summed E-state index contributed by atoms with van der Waals surface area (Å²) >= 11 is 0. The summed E-state index contributed by atoms with van der Waals surface area (Å²) in [4.78, 5) is 9.95. The molecule has 0 unspecified atom stereocenters. The summed E-state index contributed by atoms with van der Waals surface area (Å²) in [5.74, 6) is 0.596. The molecule has 0 amide bonds. The van der Waals surface area contributed by atoms with E-state index in [1.807, 2.05) is 36.5 Å². The van der Waals surface area contributed by atoms with Crippen molar-refractivity contribution in [2.75, 3.05) is 0 Å². The number of benzene rings is 5. The Bertz CT molecular complexity index is 2360. The fourth-order valence-corrected chi connectivity index (χ4v) is 6.71. The first-order chi connectivity index (χ1) is 24.2. The van der Waals surface area contributed by atoms with Crippen molar-refractivity contribution in [3.8, 4) is 50.7 Å². The molecule has 0 saturated heterocycles. The Hall–Kier alpha value is -4.79. The van der Waals surface area contributed by atoms with Gasteiger partial charge in [-0.2, -0.15) is 0 Å². The largest absolute Gasteiger partial charge is 0.507 e. The predicted octanol–water partition coefficient (Wildman–Crippen LogP) is 12.3. The molecule has 5 heteroatoms. The van der Waals surface area contributed by atoms with Gasteiger partial charge in [-0.05, 0) is 51.3 Å². The van der Waals surface area contributed by atoms with Crippen LogP contribution in [-0.4, -0.2) is 15.1 Å². The first kappa shape index (κ1) is 37.0. The first-order valence-electron chi connectivity index (χ1n) is 17.6. The summed E-state index contributed by atoms with van der Waals surface area (Å²) in [6, 6.07) is 43.5. The summed E-state index contributed by atoms with van der Waals surface area (Å²) in [6.45, 7) is 17.4. The number of para-hydroxylation sites is 1. The van der Waals surface area contributed by atoms with Crippen LogP contribution in [0.5, 0.6) is 5.75 Å². The number of pyridine rings is 1. The summed E-state index contributed by atoms with van der Waals surface area (Å²) in [6.07, 6.45) is 1.87. The van der Waals surface area contributed by atoms with Crippen molar-refractivity contribution in [3.05, 3.63) is 150 Å². The summed E-state index contributed by atoms with van der Waals surface area (Å²) in [5, 5.41) is 11.7. The number of aromatic hydroxyl groups is 1. The van der Waals surface area contributed by atoms with E-state index in [0.717, 1.165) is 50.2 Å². The molecule has 0 spiro atoms. The molecule has 0 radical (unpaired) electrons. The maximum absolute atomic E-state index is 11.7. The number of rotatable bonds is 6. The van der Waals surface area contributed by atoms with Gasteiger partial charge in [-0.3, -0.25) is 4.98 Å². The predicted molar refractivity (Wildman–Crippen MR) is 210 cm³/mol. The molecular weight excluding hydrogens is 820 g/mol. The Kier molecular flexibility index (Phi) is 9.94. The Balaban J connectivity index is 0.00000464. The minimum absolute atomic E-state index is 0. The van der Waals surface area contributed by atoms with Crippen LogP contribution in [-0.2, 0) is 37.3 Å². The molecule has 0 aliphatic heterocycles. The third-order valence-electron chi connectivity index (χ3n) is 9.95. The van der Waals surface area contributed by atoms with Crippen molar-refractivity contribution < 1.29 is 30.6 Å². The number of nitrogens with zero attached hydrogens (tertiary/aromatic N) is 2. The average Bonchev–Trinajstić information content (AvgIpc) is 3.56. The van der Waals surface area contributed by atoms with Gasteiger partial charge in [-0.25, -0.2) is 4.98 Å². The van der Waals surface area contributed by atoms with E-state index < -0.39 is 0 Å². The maximum Gasteiger partial charge on any atom is 0.230 e. The molecule has 0 atom stereocenters. The second kappa shape index (κ2) is 14.0. The van der Waals surface area contributed by atoms with Crippen molar-refractivity contribution >= 4 is 11.1 Å². The summed E-state index contributed by atoms with van der Waals surface area (Å²) < 4.78 is 6.48. The molecule has 0 bridgehead atoms. The molecule has 0 aliphatic carbocycles. The smallest absolute Gasteiger partial charge is 0.230 e. The van der Waals surface area contributed by atoms with Gasteiger partial charge in [-0.15, -0.1) is 29.3 Å². The third-order valence-corrected chi connectivity index (χ3v) is 9.95. The molecule has 2 heterocycles. The van der Waals surface area contributed by atoms with E-state index in [4.69, 9.17) is 14.4 Å². The van der Waals surface area contributed by atoms with E-state index in [2.05, 4.69) is 146 Å². The monoisotopic (exact) mass is 864 g/mol. The third kappa shape index (κ3) is 7.14. The van der Waals surface area contributed by atoms with Crippen LogP contribution in [0.15, 0.2) is 126 Å². The molecule has 0 fully saturated rings. The van der Waals surface area contributed by atoms with Crippen LogP contribution in [0.1, 0.15) is 77.6 Å². The van der Waals surface area contributed by atoms with Gasteiger partial charge in [0.2, 0.25) is 5.89 Å². The molecule has 1 N–H and O–H groups in total. The number of fused-ring (bicyclic) bond motifs is 1. The first-order valence-corrected chi connectivity index (χ1v) is 17.6. The van der Waals surface area contributed by atoms with Gasteiger partial charge in [0.1, 0.15) is 11.3 Å². The van der Waals surface area contributed by atoms with Gasteiger partial charge >= 0.3 is 0 Å². The van der Waals surface area contributed by atoms with Crippen LogP contribution in [0.2, 0.25) is 0 Å². The van der Waals surface area contributed by atoms with E-state index >= 15 is 0 Å². The molecule has 7 aromatic rings. The number of phenolic OH excluding ortho intramolecular Hbond substituents is 1. The van der Waals surface area contributed by atoms with E-state index in [1.54, 1.807) is 0 Å². The van der Waals surface area contributed by atoms with Gasteiger partial charge in [0, 0.05) is 43.9 Å². The Morgan fingerprint density at radius 1 is 0.596 bits per heavy atom. The quantitative estimate of drug-likeness (QED) is 0.169. The van der Waals surface area contributed by atoms with Gasteiger partial charge in [0.15, 0.2) is 0 Å². The van der Waals surface area contributed by atoms with Crippen LogP contribution in [0, 0.1) is 6.07 Å². The molecule has 0 saturated carbocycles. The molecule has 52 heavy (non-hydrogen) atoms. The minimum Gasteiger partial charge on any atom is -0.507 e. The topological polar surface area (TPSA) is 59.2 Å². The Labute approximate surface area is 322 Å². The second-order valence-electron chi connectivity index (χ2n) is 16.1. The number of hydrogen-bond donors (Lipinski definition) is 1. The Morgan fingerprint density at radius 2 is 1.27 bits per heavy atom. The zero-order valence-electron chi connectivity index (χ0n) is 31.1. The number of hydrogen-bond acceptors (Lipinski definition) is 4. The zero-order valence-corrected chi connectivity index (χ0v) is 33.4. The van der Waals surface area contributed by atoms with Crippen LogP contribution >= 0.6 is 0 Å². The molecular formula is C47H45N2O2Pt-. The van der Waals surface area contributed by atoms with Crippen molar-refractivity contribution in [2.45, 2.75) is 71.6 Å². The SMILES string of the molecule is CC(C)(C)c1cc(-c2nc3c(-c4[c-]c(-c5cc(-c6ccccc6)ccn5)cc(C(C)(C)c5ccccc5)c4)cccc3o2)c(O)c(C(C)(C)C)c1.[Pt]. The van der Waals surface area contributed by atoms with Crippen molar-refractivity contribution in [1.82, 2.24) is 9.97 Å². The van der Waals surface area contributed by atoms with Crippen LogP contribution in [0.3, 0.4) is 0 Å². The summed E-state index contributed by atoms with van der Waals surface area (Å²) in [5.41, 5.74) is 11.3. The van der Waals surface area contributed by atoms with Crippen molar-refractivity contribution in [2.24, 2.45) is 0 Å². The van der Waals surface area contributed by atoms with Crippen molar-refractivity contribution in [1.29, 1.82) is 0 Å². The van der Waals surface area contributed by atoms with Gasteiger partial charge in [-0.1, -0.05) is 151 Å². The van der Waals surface area contributed by atoms with Crippen LogP contribution in [0.25, 0.3) is 56.1 Å². The van der Waals surface area contributed by atoms with E-state index in [-0.39, 0.29) is 43.1 Å². The van der Waals surface area contributed by atoms with Crippen LogP contribution in [0.4, 0.5) is 0 Å². The molecule has 0 aliphatic rings. The van der Waals surface area contributed by atoms with Gasteiger partial charge in [0.25, 0.3) is 0 Å². The fraction of sp³-hybridized carbons (Fsp3) is 0.234. The van der Waals surface area contributed by atoms with Crippen molar-refractivity contribution in [3.63, 3.8) is 0 Å². The minimum atomic E-state index is -0.317. The fourth-order valence-electron chi connectivity index (χ4n) is 6.71. The van der Waals surface area contributed by atoms with E-state index in [0.29, 0.717) is 22.6 Å². The molecule has 4 nitrogen and oxygen atoms in total. The number of aromatic nitrogens is 2. The number of phenols is 1. The van der Waals surface area contributed by atoms with Gasteiger partial charge < -0.3 is 9.52 Å². The van der Waals surface area contributed by atoms with Crippen LogP contribution < -0.4 is 0 Å². The van der Waals surface area contributed by atoms with E-state index in [1.165, 1.54) is 5.56 Å². The molecule has 7 rings (SSSR count). The standard InChI is InChI=1S/C47H45N2O2.Pt/c1-45(2,3)35-28-38(43(50)39(29-35)46(4,5)6)44-49-42-37(20-15-21-41(42)51-44)32-24-33(26-36(25-32)47(7,8)34-18-13-10-14-19-34)40-27-31(22-23-48-40)30-16-11-9-12-17-30;/h9-23,25-29,50H,1-8H3;/q-1;. The Morgan fingerprint density at radius 3 is 1.94 bits per heavy atom. The second-order valence-corrected chi connectivity index (χ2v) is 16.1. The summed E-state index contributed by atoms with van der Waals surface area (Å²) in [7, 11) is 0. The zero-order chi connectivity index (χ0) is 36.1.